The molecule has 6 heteroatoms. The highest BCUT2D eigenvalue weighted by Gasteiger charge is 2.45. The maximum Gasteiger partial charge on any atom is 0.320 e. The largest absolute Gasteiger partial charge is 0.480 e. The van der Waals surface area contributed by atoms with E-state index in [-0.39, 0.29) is 0 Å². The first kappa shape index (κ1) is 16.3. The van der Waals surface area contributed by atoms with Crippen molar-refractivity contribution in [3.8, 4) is 11.4 Å². The maximum absolute atomic E-state index is 11.7. The number of carboxylic acid groups (broad SMARTS) is 1. The van der Waals surface area contributed by atoms with Crippen LogP contribution in [0.2, 0.25) is 0 Å². The highest BCUT2D eigenvalue weighted by molar-refractivity contribution is 5.74. The minimum atomic E-state index is -0.743. The summed E-state index contributed by atoms with van der Waals surface area (Å²) in [6, 6.07) is 7.84. The van der Waals surface area contributed by atoms with Crippen molar-refractivity contribution in [1.29, 1.82) is 0 Å². The Morgan fingerprint density at radius 3 is 3.00 bits per heavy atom. The molecule has 0 radical (unpaired) electrons. The van der Waals surface area contributed by atoms with Gasteiger partial charge in [0.2, 0.25) is 11.7 Å². The van der Waals surface area contributed by atoms with Gasteiger partial charge < -0.3 is 9.63 Å². The molecule has 1 saturated carbocycles. The molecular formula is C19H23N3O3. The van der Waals surface area contributed by atoms with Crippen LogP contribution in [0, 0.1) is 12.8 Å². The van der Waals surface area contributed by atoms with E-state index in [2.05, 4.69) is 15.0 Å². The van der Waals surface area contributed by atoms with Gasteiger partial charge in [0.1, 0.15) is 6.04 Å². The fourth-order valence-electron chi connectivity index (χ4n) is 4.40. The second-order valence-corrected chi connectivity index (χ2v) is 7.26. The highest BCUT2D eigenvalue weighted by Crippen LogP contribution is 2.40. The van der Waals surface area contributed by atoms with Crippen LogP contribution in [0.25, 0.3) is 11.4 Å². The van der Waals surface area contributed by atoms with E-state index < -0.39 is 12.0 Å². The van der Waals surface area contributed by atoms with Crippen molar-refractivity contribution >= 4 is 5.97 Å². The Morgan fingerprint density at radius 2 is 2.20 bits per heavy atom. The molecule has 2 fully saturated rings. The number of hydrogen-bond donors (Lipinski definition) is 1. The molecule has 1 aliphatic heterocycles. The van der Waals surface area contributed by atoms with E-state index in [0.717, 1.165) is 30.4 Å². The van der Waals surface area contributed by atoms with E-state index in [0.29, 0.717) is 30.2 Å². The summed E-state index contributed by atoms with van der Waals surface area (Å²) >= 11 is 0. The molecule has 0 bridgehead atoms. The van der Waals surface area contributed by atoms with Crippen LogP contribution >= 0.6 is 0 Å². The second-order valence-electron chi connectivity index (χ2n) is 7.26. The summed E-state index contributed by atoms with van der Waals surface area (Å²) in [5, 5.41) is 13.7. The van der Waals surface area contributed by atoms with Crippen molar-refractivity contribution < 1.29 is 14.4 Å². The van der Waals surface area contributed by atoms with Crippen LogP contribution in [-0.2, 0) is 11.3 Å². The van der Waals surface area contributed by atoms with Gasteiger partial charge in [-0.2, -0.15) is 4.98 Å². The molecule has 3 atom stereocenters. The number of carboxylic acids is 1. The molecule has 0 amide bonds. The first-order chi connectivity index (χ1) is 12.1. The van der Waals surface area contributed by atoms with Gasteiger partial charge in [-0.25, -0.2) is 0 Å². The molecule has 2 aromatic rings. The third-order valence-corrected chi connectivity index (χ3v) is 5.57. The predicted molar refractivity (Wildman–Crippen MR) is 91.8 cm³/mol. The lowest BCUT2D eigenvalue weighted by Crippen LogP contribution is -2.41. The molecule has 1 aromatic carbocycles. The molecule has 132 valence electrons. The van der Waals surface area contributed by atoms with Gasteiger partial charge in [-0.15, -0.1) is 0 Å². The van der Waals surface area contributed by atoms with Gasteiger partial charge in [0.05, 0.1) is 6.54 Å². The topological polar surface area (TPSA) is 79.5 Å². The van der Waals surface area contributed by atoms with Crippen molar-refractivity contribution in [1.82, 2.24) is 15.0 Å². The standard InChI is InChI=1S/C19H23N3O3/c1-12-5-4-7-14(9-12)18-20-17(25-21-18)11-22-15-8-3-2-6-13(15)10-16(22)19(23)24/h4-5,7,9,13,15-16H,2-3,6,8,10-11H2,1H3,(H,23,24). The van der Waals surface area contributed by atoms with Gasteiger partial charge in [0.25, 0.3) is 0 Å². The molecule has 1 N–H and O–H groups in total. The summed E-state index contributed by atoms with van der Waals surface area (Å²) in [5.41, 5.74) is 2.06. The highest BCUT2D eigenvalue weighted by atomic mass is 16.5. The quantitative estimate of drug-likeness (QED) is 0.919. The third kappa shape index (κ3) is 3.18. The average Bonchev–Trinajstić information content (AvgIpc) is 3.21. The van der Waals surface area contributed by atoms with E-state index in [4.69, 9.17) is 4.52 Å². The Labute approximate surface area is 146 Å². The number of carbonyl (C=O) groups is 1. The number of benzene rings is 1. The van der Waals surface area contributed by atoms with Gasteiger partial charge in [-0.1, -0.05) is 41.8 Å². The number of fused-ring (bicyclic) bond motifs is 1. The fraction of sp³-hybridized carbons (Fsp3) is 0.526. The number of aromatic nitrogens is 2. The number of aryl methyl sites for hydroxylation is 1. The molecule has 6 nitrogen and oxygen atoms in total. The van der Waals surface area contributed by atoms with Crippen molar-refractivity contribution in [3.63, 3.8) is 0 Å². The van der Waals surface area contributed by atoms with E-state index in [1.165, 1.54) is 12.8 Å². The number of hydrogen-bond acceptors (Lipinski definition) is 5. The lowest BCUT2D eigenvalue weighted by Gasteiger charge is -2.31. The molecular weight excluding hydrogens is 318 g/mol. The normalized spacial score (nSPS) is 26.5. The van der Waals surface area contributed by atoms with E-state index >= 15 is 0 Å². The maximum atomic E-state index is 11.7. The van der Waals surface area contributed by atoms with Crippen LogP contribution in [0.5, 0.6) is 0 Å². The average molecular weight is 341 g/mol. The lowest BCUT2D eigenvalue weighted by molar-refractivity contribution is -0.143. The second kappa shape index (κ2) is 6.59. The first-order valence-electron chi connectivity index (χ1n) is 9.00. The van der Waals surface area contributed by atoms with E-state index in [1.54, 1.807) is 0 Å². The predicted octanol–water partition coefficient (Wildman–Crippen LogP) is 3.26. The van der Waals surface area contributed by atoms with Crippen molar-refractivity contribution in [3.05, 3.63) is 35.7 Å². The summed E-state index contributed by atoms with van der Waals surface area (Å²) in [6.07, 6.45) is 5.30. The Kier molecular flexibility index (Phi) is 4.29. The Balaban J connectivity index is 1.55. The van der Waals surface area contributed by atoms with Crippen molar-refractivity contribution in [2.75, 3.05) is 0 Å². The zero-order valence-corrected chi connectivity index (χ0v) is 14.4. The summed E-state index contributed by atoms with van der Waals surface area (Å²) in [6.45, 7) is 2.44. The van der Waals surface area contributed by atoms with Crippen LogP contribution < -0.4 is 0 Å². The molecule has 0 spiro atoms. The van der Waals surface area contributed by atoms with Gasteiger partial charge in [-0.05, 0) is 38.2 Å². The summed E-state index contributed by atoms with van der Waals surface area (Å²) in [4.78, 5) is 18.3. The zero-order valence-electron chi connectivity index (χ0n) is 14.4. The van der Waals surface area contributed by atoms with Crippen molar-refractivity contribution in [2.45, 2.75) is 57.7 Å². The Bertz CT molecular complexity index is 773. The molecule has 1 aromatic heterocycles. The minimum Gasteiger partial charge on any atom is -0.480 e. The molecule has 2 heterocycles. The summed E-state index contributed by atoms with van der Waals surface area (Å²) < 4.78 is 5.43. The van der Waals surface area contributed by atoms with Gasteiger partial charge >= 0.3 is 5.97 Å². The number of likely N-dealkylation sites (tertiary alicyclic amines) is 1. The van der Waals surface area contributed by atoms with Crippen LogP contribution in [0.1, 0.15) is 43.6 Å². The minimum absolute atomic E-state index is 0.323. The molecule has 1 saturated heterocycles. The van der Waals surface area contributed by atoms with Gasteiger partial charge in [-0.3, -0.25) is 9.69 Å². The molecule has 1 aliphatic carbocycles. The summed E-state index contributed by atoms with van der Waals surface area (Å²) in [5.74, 6) is 0.792. The molecule has 25 heavy (non-hydrogen) atoms. The number of nitrogens with zero attached hydrogens (tertiary/aromatic N) is 3. The van der Waals surface area contributed by atoms with Crippen LogP contribution in [0.3, 0.4) is 0 Å². The van der Waals surface area contributed by atoms with Gasteiger partial charge in [0, 0.05) is 11.6 Å². The first-order valence-corrected chi connectivity index (χ1v) is 9.00. The Morgan fingerprint density at radius 1 is 1.36 bits per heavy atom. The molecule has 4 rings (SSSR count). The van der Waals surface area contributed by atoms with E-state index in [9.17, 15) is 9.90 Å². The SMILES string of the molecule is Cc1cccc(-c2noc(CN3C(C(=O)O)CC4CCCCC43)n2)c1. The zero-order chi connectivity index (χ0) is 17.4. The molecule has 3 unspecified atom stereocenters. The fourth-order valence-corrected chi connectivity index (χ4v) is 4.40. The van der Waals surface area contributed by atoms with Crippen LogP contribution in [0.4, 0.5) is 0 Å². The monoisotopic (exact) mass is 341 g/mol. The van der Waals surface area contributed by atoms with Crippen LogP contribution in [0.15, 0.2) is 28.8 Å². The molecule has 2 aliphatic rings. The van der Waals surface area contributed by atoms with Crippen LogP contribution in [-0.4, -0.2) is 38.2 Å². The van der Waals surface area contributed by atoms with Crippen molar-refractivity contribution in [2.24, 2.45) is 5.92 Å². The van der Waals surface area contributed by atoms with E-state index in [1.807, 2.05) is 31.2 Å². The summed E-state index contributed by atoms with van der Waals surface area (Å²) in [7, 11) is 0. The smallest absolute Gasteiger partial charge is 0.320 e. The Hall–Kier alpha value is -2.21. The number of rotatable bonds is 4. The third-order valence-electron chi connectivity index (χ3n) is 5.57. The number of aliphatic carboxylic acids is 1. The lowest BCUT2D eigenvalue weighted by atomic mass is 9.85. The van der Waals surface area contributed by atoms with Gasteiger partial charge in [0.15, 0.2) is 0 Å².